The molecule has 0 radical (unpaired) electrons. The number of carbonyl (C=O) groups excluding carboxylic acids is 1. The van der Waals surface area contributed by atoms with Gasteiger partial charge in [0.1, 0.15) is 5.52 Å². The second kappa shape index (κ2) is 6.92. The normalized spacial score (nSPS) is 11.6. The minimum absolute atomic E-state index is 0.106. The summed E-state index contributed by atoms with van der Waals surface area (Å²) in [7, 11) is -3.25. The van der Waals surface area contributed by atoms with Crippen LogP contribution in [0.2, 0.25) is 10.0 Å². The summed E-state index contributed by atoms with van der Waals surface area (Å²) >= 11 is 13.4. The highest BCUT2D eigenvalue weighted by Gasteiger charge is 2.13. The third-order valence-electron chi connectivity index (χ3n) is 3.41. The molecule has 3 aromatic rings. The van der Waals surface area contributed by atoms with Crippen LogP contribution in [-0.2, 0) is 21.1 Å². The fourth-order valence-corrected chi connectivity index (χ4v) is 4.13. The van der Waals surface area contributed by atoms with Crippen LogP contribution >= 0.6 is 34.5 Å². The van der Waals surface area contributed by atoms with Gasteiger partial charge in [-0.15, -0.1) is 0 Å². The minimum atomic E-state index is -3.25. The van der Waals surface area contributed by atoms with Crippen molar-refractivity contribution in [2.75, 3.05) is 11.6 Å². The first-order chi connectivity index (χ1) is 11.7. The number of anilines is 1. The Morgan fingerprint density at radius 1 is 1.16 bits per heavy atom. The average molecular weight is 415 g/mol. The van der Waals surface area contributed by atoms with Gasteiger partial charge in [0.05, 0.1) is 26.1 Å². The Kier molecular flexibility index (Phi) is 5.02. The van der Waals surface area contributed by atoms with E-state index in [-0.39, 0.29) is 17.2 Å². The Morgan fingerprint density at radius 2 is 1.84 bits per heavy atom. The Balaban J connectivity index is 1.73. The number of sulfone groups is 1. The predicted molar refractivity (Wildman–Crippen MR) is 102 cm³/mol. The van der Waals surface area contributed by atoms with Crippen LogP contribution in [0.25, 0.3) is 10.2 Å². The Bertz CT molecular complexity index is 1060. The zero-order valence-electron chi connectivity index (χ0n) is 12.9. The Labute approximate surface area is 158 Å². The van der Waals surface area contributed by atoms with Crippen molar-refractivity contribution in [3.8, 4) is 0 Å². The number of hydrogen-bond acceptors (Lipinski definition) is 5. The number of thiazole rings is 1. The number of fused-ring (bicyclic) bond motifs is 1. The molecule has 0 atom stereocenters. The summed E-state index contributed by atoms with van der Waals surface area (Å²) in [5, 5.41) is 3.91. The maximum atomic E-state index is 12.2. The largest absolute Gasteiger partial charge is 0.302 e. The molecule has 5 nitrogen and oxygen atoms in total. The number of nitrogens with zero attached hydrogens (tertiary/aromatic N) is 1. The van der Waals surface area contributed by atoms with E-state index in [4.69, 9.17) is 23.2 Å². The highest BCUT2D eigenvalue weighted by molar-refractivity contribution is 7.90. The molecule has 0 aliphatic heterocycles. The van der Waals surface area contributed by atoms with E-state index in [2.05, 4.69) is 10.3 Å². The first-order valence-electron chi connectivity index (χ1n) is 7.07. The summed E-state index contributed by atoms with van der Waals surface area (Å²) in [6, 6.07) is 9.67. The molecule has 1 aromatic heterocycles. The Morgan fingerprint density at radius 3 is 2.48 bits per heavy atom. The van der Waals surface area contributed by atoms with Gasteiger partial charge in [-0.3, -0.25) is 4.79 Å². The first kappa shape index (κ1) is 18.1. The predicted octanol–water partition coefficient (Wildman–Crippen LogP) is 4.19. The molecule has 0 unspecified atom stereocenters. The van der Waals surface area contributed by atoms with Crippen molar-refractivity contribution in [1.82, 2.24) is 4.98 Å². The molecule has 1 heterocycles. The number of carbonyl (C=O) groups is 1. The zero-order valence-corrected chi connectivity index (χ0v) is 16.1. The van der Waals surface area contributed by atoms with Gasteiger partial charge in [0, 0.05) is 6.26 Å². The highest BCUT2D eigenvalue weighted by atomic mass is 35.5. The van der Waals surface area contributed by atoms with E-state index in [1.165, 1.54) is 23.5 Å². The molecular weight excluding hydrogens is 403 g/mol. The molecule has 3 rings (SSSR count). The number of rotatable bonds is 4. The van der Waals surface area contributed by atoms with Gasteiger partial charge in [0.2, 0.25) is 5.91 Å². The van der Waals surface area contributed by atoms with Crippen molar-refractivity contribution < 1.29 is 13.2 Å². The van der Waals surface area contributed by atoms with Gasteiger partial charge < -0.3 is 5.32 Å². The molecule has 0 aliphatic rings. The highest BCUT2D eigenvalue weighted by Crippen LogP contribution is 2.35. The summed E-state index contributed by atoms with van der Waals surface area (Å²) in [6.07, 6.45) is 1.24. The minimum Gasteiger partial charge on any atom is -0.302 e. The van der Waals surface area contributed by atoms with Crippen LogP contribution in [0.5, 0.6) is 0 Å². The molecule has 25 heavy (non-hydrogen) atoms. The molecule has 1 amide bonds. The lowest BCUT2D eigenvalue weighted by atomic mass is 10.1. The van der Waals surface area contributed by atoms with Crippen molar-refractivity contribution in [1.29, 1.82) is 0 Å². The van der Waals surface area contributed by atoms with Crippen LogP contribution < -0.4 is 5.32 Å². The van der Waals surface area contributed by atoms with Crippen LogP contribution in [0.4, 0.5) is 5.13 Å². The third-order valence-corrected chi connectivity index (χ3v) is 6.27. The van der Waals surface area contributed by atoms with Crippen molar-refractivity contribution in [2.24, 2.45) is 0 Å². The SMILES string of the molecule is CS(=O)(=O)c1ccc(CC(=O)Nc2nc3c(Cl)c(Cl)ccc3s2)cc1. The first-order valence-corrected chi connectivity index (χ1v) is 10.5. The second-order valence-corrected chi connectivity index (χ2v) is 9.20. The molecular formula is C16H12Cl2N2O3S2. The van der Waals surface area contributed by atoms with E-state index in [1.807, 2.05) is 0 Å². The molecule has 0 saturated heterocycles. The molecule has 2 aromatic carbocycles. The third kappa shape index (κ3) is 4.12. The van der Waals surface area contributed by atoms with Crippen LogP contribution in [-0.4, -0.2) is 25.6 Å². The molecule has 0 saturated carbocycles. The standard InChI is InChI=1S/C16H12Cl2N2O3S2/c1-25(22,23)10-4-2-9(3-5-10)8-13(21)19-16-20-15-12(24-16)7-6-11(17)14(15)18/h2-7H,8H2,1H3,(H,19,20,21). The fourth-order valence-electron chi connectivity index (χ4n) is 2.19. The monoisotopic (exact) mass is 414 g/mol. The van der Waals surface area contributed by atoms with E-state index < -0.39 is 9.84 Å². The number of halogens is 2. The molecule has 1 N–H and O–H groups in total. The molecule has 130 valence electrons. The van der Waals surface area contributed by atoms with E-state index in [0.29, 0.717) is 26.3 Å². The Hall–Kier alpha value is -1.67. The fraction of sp³-hybridized carbons (Fsp3) is 0.125. The molecule has 0 bridgehead atoms. The van der Waals surface area contributed by atoms with Gasteiger partial charge in [-0.2, -0.15) is 0 Å². The maximum Gasteiger partial charge on any atom is 0.230 e. The number of hydrogen-bond donors (Lipinski definition) is 1. The van der Waals surface area contributed by atoms with E-state index in [9.17, 15) is 13.2 Å². The van der Waals surface area contributed by atoms with Crippen molar-refractivity contribution in [3.63, 3.8) is 0 Å². The van der Waals surface area contributed by atoms with E-state index >= 15 is 0 Å². The van der Waals surface area contributed by atoms with Gasteiger partial charge in [-0.25, -0.2) is 13.4 Å². The van der Waals surface area contributed by atoms with E-state index in [1.54, 1.807) is 24.3 Å². The summed E-state index contributed by atoms with van der Waals surface area (Å²) in [4.78, 5) is 16.7. The summed E-state index contributed by atoms with van der Waals surface area (Å²) in [5.41, 5.74) is 1.25. The summed E-state index contributed by atoms with van der Waals surface area (Å²) < 4.78 is 23.7. The molecule has 0 aliphatic carbocycles. The molecule has 0 spiro atoms. The lowest BCUT2D eigenvalue weighted by molar-refractivity contribution is -0.115. The van der Waals surface area contributed by atoms with E-state index in [0.717, 1.165) is 11.0 Å². The van der Waals surface area contributed by atoms with Crippen molar-refractivity contribution >= 4 is 65.6 Å². The van der Waals surface area contributed by atoms with Crippen LogP contribution in [0, 0.1) is 0 Å². The summed E-state index contributed by atoms with van der Waals surface area (Å²) in [6.45, 7) is 0. The van der Waals surface area contributed by atoms with Gasteiger partial charge in [-0.1, -0.05) is 46.7 Å². The molecule has 0 fully saturated rings. The van der Waals surface area contributed by atoms with Gasteiger partial charge in [-0.05, 0) is 29.8 Å². The van der Waals surface area contributed by atoms with Crippen LogP contribution in [0.3, 0.4) is 0 Å². The van der Waals surface area contributed by atoms with Crippen LogP contribution in [0.15, 0.2) is 41.3 Å². The van der Waals surface area contributed by atoms with Crippen molar-refractivity contribution in [2.45, 2.75) is 11.3 Å². The second-order valence-electron chi connectivity index (χ2n) is 5.37. The topological polar surface area (TPSA) is 76.1 Å². The van der Waals surface area contributed by atoms with Gasteiger partial charge in [0.15, 0.2) is 15.0 Å². The lowest BCUT2D eigenvalue weighted by Crippen LogP contribution is -2.14. The number of amides is 1. The van der Waals surface area contributed by atoms with Crippen molar-refractivity contribution in [3.05, 3.63) is 52.0 Å². The number of aromatic nitrogens is 1. The number of nitrogens with one attached hydrogen (secondary N) is 1. The van der Waals surface area contributed by atoms with Gasteiger partial charge >= 0.3 is 0 Å². The number of benzene rings is 2. The zero-order chi connectivity index (χ0) is 18.2. The average Bonchev–Trinajstić information content (AvgIpc) is 2.94. The smallest absolute Gasteiger partial charge is 0.230 e. The van der Waals surface area contributed by atoms with Crippen LogP contribution in [0.1, 0.15) is 5.56 Å². The van der Waals surface area contributed by atoms with Gasteiger partial charge in [0.25, 0.3) is 0 Å². The lowest BCUT2D eigenvalue weighted by Gasteiger charge is -2.03. The maximum absolute atomic E-state index is 12.2. The summed E-state index contributed by atoms with van der Waals surface area (Å²) in [5.74, 6) is -0.256. The molecule has 9 heteroatoms. The quantitative estimate of drug-likeness (QED) is 0.694.